The Morgan fingerprint density at radius 3 is 2.27 bits per heavy atom. The number of aryl methyl sites for hydroxylation is 1. The zero-order chi connectivity index (χ0) is 6.85. The number of halogens is 2. The van der Waals surface area contributed by atoms with Crippen LogP contribution in [-0.4, -0.2) is 5.84 Å². The van der Waals surface area contributed by atoms with Crippen LogP contribution in [0.1, 0.15) is 10.4 Å². The predicted molar refractivity (Wildman–Crippen MR) is 54.6 cm³/mol. The van der Waals surface area contributed by atoms with E-state index < -0.39 is 0 Å². The molecule has 0 aromatic carbocycles. The summed E-state index contributed by atoms with van der Waals surface area (Å²) in [7, 11) is 0. The average molecular weight is 213 g/mol. The van der Waals surface area contributed by atoms with Crippen molar-refractivity contribution in [1.82, 2.24) is 0 Å². The minimum absolute atomic E-state index is 0. The maximum atomic E-state index is 7.03. The largest absolute Gasteiger partial charge is 0.384 e. The molecule has 0 unspecified atom stereocenters. The lowest BCUT2D eigenvalue weighted by Crippen LogP contribution is -2.09. The van der Waals surface area contributed by atoms with Crippen LogP contribution in [0.15, 0.2) is 11.4 Å². The Morgan fingerprint density at radius 2 is 2.09 bits per heavy atom. The molecule has 0 amide bonds. The molecular weight excluding hydrogens is 203 g/mol. The first-order valence-corrected chi connectivity index (χ1v) is 3.47. The van der Waals surface area contributed by atoms with E-state index in [0.717, 1.165) is 5.56 Å². The molecule has 64 valence electrons. The van der Waals surface area contributed by atoms with Crippen molar-refractivity contribution in [1.29, 1.82) is 5.41 Å². The van der Waals surface area contributed by atoms with Crippen molar-refractivity contribution in [2.75, 3.05) is 0 Å². The van der Waals surface area contributed by atoms with Gasteiger partial charge < -0.3 is 5.73 Å². The van der Waals surface area contributed by atoms with Crippen LogP contribution in [0.5, 0.6) is 0 Å². The Balaban J connectivity index is 0. The van der Waals surface area contributed by atoms with E-state index in [1.165, 1.54) is 4.88 Å². The maximum Gasteiger partial charge on any atom is 0.123 e. The summed E-state index contributed by atoms with van der Waals surface area (Å²) in [5, 5.41) is 8.92. The Labute approximate surface area is 82.1 Å². The second-order valence-electron chi connectivity index (χ2n) is 1.86. The topological polar surface area (TPSA) is 49.9 Å². The van der Waals surface area contributed by atoms with Crippen LogP contribution in [0.3, 0.4) is 0 Å². The number of nitrogens with two attached hydrogens (primary N) is 1. The molecule has 0 radical (unpaired) electrons. The van der Waals surface area contributed by atoms with Gasteiger partial charge in [-0.05, 0) is 13.0 Å². The van der Waals surface area contributed by atoms with Crippen molar-refractivity contribution in [2.45, 2.75) is 6.92 Å². The maximum absolute atomic E-state index is 7.03. The molecule has 0 aliphatic rings. The third-order valence-corrected chi connectivity index (χ3v) is 1.90. The number of hydrogen-bond donors (Lipinski definition) is 2. The van der Waals surface area contributed by atoms with Gasteiger partial charge >= 0.3 is 0 Å². The molecular formula is C6H10Cl2N2S. The molecule has 1 rings (SSSR count). The summed E-state index contributed by atoms with van der Waals surface area (Å²) in [6, 6.07) is 1.91. The molecule has 11 heavy (non-hydrogen) atoms. The molecule has 3 N–H and O–H groups in total. The van der Waals surface area contributed by atoms with Gasteiger partial charge in [0.1, 0.15) is 5.84 Å². The number of hydrogen-bond acceptors (Lipinski definition) is 2. The first kappa shape index (κ1) is 13.3. The minimum Gasteiger partial charge on any atom is -0.384 e. The Hall–Kier alpha value is -0.250. The molecule has 0 saturated carbocycles. The molecule has 0 fully saturated rings. The fraction of sp³-hybridized carbons (Fsp3) is 0.167. The van der Waals surface area contributed by atoms with E-state index in [1.807, 2.05) is 18.4 Å². The quantitative estimate of drug-likeness (QED) is 0.545. The van der Waals surface area contributed by atoms with Crippen molar-refractivity contribution in [2.24, 2.45) is 5.73 Å². The highest BCUT2D eigenvalue weighted by Crippen LogP contribution is 2.11. The van der Waals surface area contributed by atoms with Gasteiger partial charge in [0, 0.05) is 15.8 Å². The minimum atomic E-state index is 0. The molecule has 2 nitrogen and oxygen atoms in total. The van der Waals surface area contributed by atoms with E-state index in [-0.39, 0.29) is 30.6 Å². The van der Waals surface area contributed by atoms with Gasteiger partial charge in [0.25, 0.3) is 0 Å². The summed E-state index contributed by atoms with van der Waals surface area (Å²) < 4.78 is 0. The highest BCUT2D eigenvalue weighted by Gasteiger charge is 1.96. The van der Waals surface area contributed by atoms with E-state index in [1.54, 1.807) is 11.3 Å². The normalized spacial score (nSPS) is 7.73. The summed E-state index contributed by atoms with van der Waals surface area (Å²) in [5.41, 5.74) is 6.05. The molecule has 1 aromatic rings. The molecule has 0 aliphatic carbocycles. The van der Waals surface area contributed by atoms with E-state index in [0.29, 0.717) is 0 Å². The average Bonchev–Trinajstić information content (AvgIpc) is 2.14. The number of amidine groups is 1. The summed E-state index contributed by atoms with van der Waals surface area (Å²) >= 11 is 1.61. The lowest BCUT2D eigenvalue weighted by Gasteiger charge is -1.86. The van der Waals surface area contributed by atoms with Crippen molar-refractivity contribution < 1.29 is 0 Å². The van der Waals surface area contributed by atoms with Gasteiger partial charge in [0.05, 0.1) is 0 Å². The summed E-state index contributed by atoms with van der Waals surface area (Å²) in [4.78, 5) is 1.19. The van der Waals surface area contributed by atoms with Crippen molar-refractivity contribution in [3.05, 3.63) is 21.9 Å². The zero-order valence-electron chi connectivity index (χ0n) is 5.96. The highest BCUT2D eigenvalue weighted by molar-refractivity contribution is 7.10. The Morgan fingerprint density at radius 1 is 1.55 bits per heavy atom. The SMILES string of the molecule is Cc1cc(C(=N)N)cs1.Cl.Cl. The molecule has 1 heterocycles. The first-order chi connectivity index (χ1) is 4.20. The van der Waals surface area contributed by atoms with E-state index >= 15 is 0 Å². The second kappa shape index (κ2) is 5.41. The third kappa shape index (κ3) is 3.60. The van der Waals surface area contributed by atoms with E-state index in [9.17, 15) is 0 Å². The Kier molecular flexibility index (Phi) is 6.56. The summed E-state index contributed by atoms with van der Waals surface area (Å²) in [5.74, 6) is 0.152. The van der Waals surface area contributed by atoms with Crippen molar-refractivity contribution >= 4 is 42.0 Å². The standard InChI is InChI=1S/C6H8N2S.2ClH/c1-4-2-5(3-9-4)6(7)8;;/h2-3H,1H3,(H3,7,8);2*1H. The van der Waals surface area contributed by atoms with Gasteiger partial charge in [0.2, 0.25) is 0 Å². The summed E-state index contributed by atoms with van der Waals surface area (Å²) in [6.45, 7) is 2.00. The van der Waals surface area contributed by atoms with Crippen LogP contribution in [0.25, 0.3) is 0 Å². The first-order valence-electron chi connectivity index (χ1n) is 2.59. The van der Waals surface area contributed by atoms with Gasteiger partial charge in [-0.1, -0.05) is 0 Å². The smallest absolute Gasteiger partial charge is 0.123 e. The zero-order valence-corrected chi connectivity index (χ0v) is 8.41. The van der Waals surface area contributed by atoms with Gasteiger partial charge in [-0.25, -0.2) is 0 Å². The molecule has 5 heteroatoms. The number of nitrogen functional groups attached to an aromatic ring is 1. The van der Waals surface area contributed by atoms with Crippen LogP contribution in [0, 0.1) is 12.3 Å². The molecule has 0 aliphatic heterocycles. The molecule has 0 atom stereocenters. The van der Waals surface area contributed by atoms with Crippen LogP contribution in [0.2, 0.25) is 0 Å². The number of thiophene rings is 1. The van der Waals surface area contributed by atoms with Crippen molar-refractivity contribution in [3.63, 3.8) is 0 Å². The number of rotatable bonds is 1. The fourth-order valence-corrected chi connectivity index (χ4v) is 1.29. The highest BCUT2D eigenvalue weighted by atomic mass is 35.5. The van der Waals surface area contributed by atoms with E-state index in [2.05, 4.69) is 0 Å². The lowest BCUT2D eigenvalue weighted by atomic mass is 10.3. The van der Waals surface area contributed by atoms with Gasteiger partial charge in [-0.3, -0.25) is 5.41 Å². The van der Waals surface area contributed by atoms with Gasteiger partial charge in [-0.15, -0.1) is 36.2 Å². The van der Waals surface area contributed by atoms with E-state index in [4.69, 9.17) is 11.1 Å². The molecule has 0 saturated heterocycles. The van der Waals surface area contributed by atoms with Crippen molar-refractivity contribution in [3.8, 4) is 0 Å². The number of nitrogens with one attached hydrogen (secondary N) is 1. The second-order valence-corrected chi connectivity index (χ2v) is 2.98. The third-order valence-electron chi connectivity index (χ3n) is 1.04. The van der Waals surface area contributed by atoms with Gasteiger partial charge in [0.15, 0.2) is 0 Å². The molecule has 1 aromatic heterocycles. The van der Waals surface area contributed by atoms with Crippen LogP contribution in [-0.2, 0) is 0 Å². The molecule has 0 bridgehead atoms. The van der Waals surface area contributed by atoms with Crippen LogP contribution >= 0.6 is 36.2 Å². The predicted octanol–water partition coefficient (Wildman–Crippen LogP) is 2.18. The van der Waals surface area contributed by atoms with Crippen LogP contribution in [0.4, 0.5) is 0 Å². The lowest BCUT2D eigenvalue weighted by molar-refractivity contribution is 1.43. The molecule has 0 spiro atoms. The fourth-order valence-electron chi connectivity index (χ4n) is 0.585. The van der Waals surface area contributed by atoms with Gasteiger partial charge in [-0.2, -0.15) is 0 Å². The van der Waals surface area contributed by atoms with Crippen LogP contribution < -0.4 is 5.73 Å². The monoisotopic (exact) mass is 212 g/mol. The Bertz CT molecular complexity index is 234. The summed E-state index contributed by atoms with van der Waals surface area (Å²) in [6.07, 6.45) is 0.